The van der Waals surface area contributed by atoms with Crippen molar-refractivity contribution in [3.63, 3.8) is 0 Å². The fourth-order valence-electron chi connectivity index (χ4n) is 2.54. The minimum Gasteiger partial charge on any atom is -0.322 e. The van der Waals surface area contributed by atoms with Gasteiger partial charge in [-0.2, -0.15) is 4.72 Å². The Kier molecular flexibility index (Phi) is 7.23. The molecule has 2 aromatic carbocycles. The van der Waals surface area contributed by atoms with E-state index in [9.17, 15) is 17.6 Å². The Morgan fingerprint density at radius 1 is 1.07 bits per heavy atom. The van der Waals surface area contributed by atoms with Crippen LogP contribution in [0.5, 0.6) is 0 Å². The predicted molar refractivity (Wildman–Crippen MR) is 119 cm³/mol. The molecule has 1 unspecified atom stereocenters. The van der Waals surface area contributed by atoms with E-state index >= 15 is 0 Å². The first kappa shape index (κ1) is 22.1. The maximum Gasteiger partial charge on any atom is 0.250 e. The maximum atomic E-state index is 14.1. The van der Waals surface area contributed by atoms with Crippen molar-refractivity contribution < 1.29 is 17.6 Å². The highest BCUT2D eigenvalue weighted by molar-refractivity contribution is 9.11. The van der Waals surface area contributed by atoms with Crippen molar-refractivity contribution in [2.24, 2.45) is 0 Å². The second-order valence-corrected chi connectivity index (χ2v) is 11.4. The summed E-state index contributed by atoms with van der Waals surface area (Å²) >= 11 is 7.42. The van der Waals surface area contributed by atoms with Crippen LogP contribution >= 0.6 is 43.2 Å². The molecule has 3 rings (SSSR count). The molecule has 0 aliphatic rings. The molecule has 1 amide bonds. The van der Waals surface area contributed by atoms with Gasteiger partial charge < -0.3 is 5.32 Å². The van der Waals surface area contributed by atoms with Gasteiger partial charge >= 0.3 is 0 Å². The Morgan fingerprint density at radius 3 is 2.41 bits per heavy atom. The van der Waals surface area contributed by atoms with Crippen LogP contribution in [0.15, 0.2) is 73.1 Å². The topological polar surface area (TPSA) is 75.3 Å². The number of nitrogens with one attached hydrogen (secondary N) is 2. The van der Waals surface area contributed by atoms with Gasteiger partial charge in [-0.1, -0.05) is 46.3 Å². The highest BCUT2D eigenvalue weighted by Crippen LogP contribution is 2.26. The first-order valence-corrected chi connectivity index (χ1v) is 12.2. The van der Waals surface area contributed by atoms with Crippen LogP contribution in [0.4, 0.5) is 10.1 Å². The maximum absolute atomic E-state index is 14.1. The molecular formula is C19H15Br2FN2O3S2. The van der Waals surface area contributed by atoms with Crippen molar-refractivity contribution in [3.8, 4) is 0 Å². The standard InChI is InChI=1S/C19H15Br2FN2O3S2/c20-13-6-7-15(14(22)11-13)23-19(25)16(10-12-4-2-1-3-5-12)24-29(26,27)18-9-8-17(21)28-18/h1-9,11,16,24H,10H2,(H,23,25). The van der Waals surface area contributed by atoms with Crippen molar-refractivity contribution in [2.45, 2.75) is 16.7 Å². The third-order valence-corrected chi connectivity index (χ3v) is 7.98. The van der Waals surface area contributed by atoms with Crippen LogP contribution in [0, 0.1) is 5.82 Å². The summed E-state index contributed by atoms with van der Waals surface area (Å²) in [6.45, 7) is 0. The monoisotopic (exact) mass is 560 g/mol. The normalized spacial score (nSPS) is 12.5. The van der Waals surface area contributed by atoms with E-state index in [-0.39, 0.29) is 16.3 Å². The van der Waals surface area contributed by atoms with Gasteiger partial charge in [0.05, 0.1) is 9.47 Å². The molecule has 0 saturated carbocycles. The number of thiophene rings is 1. The number of rotatable bonds is 7. The summed E-state index contributed by atoms with van der Waals surface area (Å²) in [6, 6.07) is 15.1. The lowest BCUT2D eigenvalue weighted by molar-refractivity contribution is -0.117. The Hall–Kier alpha value is -1.59. The van der Waals surface area contributed by atoms with E-state index in [1.54, 1.807) is 36.4 Å². The van der Waals surface area contributed by atoms with Crippen LogP contribution < -0.4 is 10.0 Å². The number of amides is 1. The van der Waals surface area contributed by atoms with Crippen molar-refractivity contribution in [1.29, 1.82) is 0 Å². The highest BCUT2D eigenvalue weighted by Gasteiger charge is 2.27. The molecule has 1 aromatic heterocycles. The Bertz CT molecular complexity index is 1120. The molecule has 1 atom stereocenters. The third kappa shape index (κ3) is 5.95. The largest absolute Gasteiger partial charge is 0.322 e. The van der Waals surface area contributed by atoms with Crippen molar-refractivity contribution in [2.75, 3.05) is 5.32 Å². The van der Waals surface area contributed by atoms with Gasteiger partial charge in [-0.05, 0) is 58.2 Å². The summed E-state index contributed by atoms with van der Waals surface area (Å²) in [5.74, 6) is -1.29. The van der Waals surface area contributed by atoms with Crippen LogP contribution in [0.2, 0.25) is 0 Å². The fraction of sp³-hybridized carbons (Fsp3) is 0.105. The SMILES string of the molecule is O=C(Nc1ccc(Br)cc1F)C(Cc1ccccc1)NS(=O)(=O)c1ccc(Br)s1. The van der Waals surface area contributed by atoms with Gasteiger partial charge in [0, 0.05) is 4.47 Å². The predicted octanol–water partition coefficient (Wildman–Crippen LogP) is 4.94. The van der Waals surface area contributed by atoms with Gasteiger partial charge in [-0.15, -0.1) is 11.3 Å². The molecule has 0 fully saturated rings. The van der Waals surface area contributed by atoms with Crippen LogP contribution in [0.25, 0.3) is 0 Å². The summed E-state index contributed by atoms with van der Waals surface area (Å²) in [6.07, 6.45) is 0.108. The van der Waals surface area contributed by atoms with Gasteiger partial charge in [0.1, 0.15) is 16.1 Å². The van der Waals surface area contributed by atoms with Crippen molar-refractivity contribution >= 4 is 64.8 Å². The number of sulfonamides is 1. The first-order valence-electron chi connectivity index (χ1n) is 8.32. The Balaban J connectivity index is 1.86. The quantitative estimate of drug-likeness (QED) is 0.429. The molecule has 10 heteroatoms. The van der Waals surface area contributed by atoms with E-state index in [0.29, 0.717) is 8.26 Å². The molecule has 0 aliphatic carbocycles. The molecular weight excluding hydrogens is 547 g/mol. The van der Waals surface area contributed by atoms with Gasteiger partial charge in [0.25, 0.3) is 10.0 Å². The number of halogens is 3. The lowest BCUT2D eigenvalue weighted by Crippen LogP contribution is -2.45. The zero-order chi connectivity index (χ0) is 21.0. The Morgan fingerprint density at radius 2 is 1.79 bits per heavy atom. The summed E-state index contributed by atoms with van der Waals surface area (Å²) in [4.78, 5) is 12.8. The smallest absolute Gasteiger partial charge is 0.250 e. The average Bonchev–Trinajstić information content (AvgIpc) is 3.11. The van der Waals surface area contributed by atoms with Gasteiger partial charge in [-0.25, -0.2) is 12.8 Å². The molecule has 152 valence electrons. The molecule has 0 aliphatic heterocycles. The van der Waals surface area contributed by atoms with Gasteiger partial charge in [-0.3, -0.25) is 4.79 Å². The second-order valence-electron chi connectivity index (χ2n) is 6.04. The summed E-state index contributed by atoms with van der Waals surface area (Å²) in [7, 11) is -3.94. The number of hydrogen-bond acceptors (Lipinski definition) is 4. The molecule has 0 radical (unpaired) electrons. The van der Waals surface area contributed by atoms with Crippen molar-refractivity contribution in [1.82, 2.24) is 4.72 Å². The van der Waals surface area contributed by atoms with E-state index < -0.39 is 27.8 Å². The number of carbonyl (C=O) groups is 1. The van der Waals surface area contributed by atoms with Crippen LogP contribution in [0.3, 0.4) is 0 Å². The van der Waals surface area contributed by atoms with E-state index in [1.807, 2.05) is 6.07 Å². The van der Waals surface area contributed by atoms with E-state index in [1.165, 1.54) is 18.2 Å². The van der Waals surface area contributed by atoms with Crippen molar-refractivity contribution in [3.05, 3.63) is 80.3 Å². The van der Waals surface area contributed by atoms with E-state index in [2.05, 4.69) is 41.9 Å². The minimum absolute atomic E-state index is 0.0330. The number of benzene rings is 2. The molecule has 1 heterocycles. The number of carbonyl (C=O) groups excluding carboxylic acids is 1. The minimum atomic E-state index is -3.94. The lowest BCUT2D eigenvalue weighted by Gasteiger charge is -2.18. The fourth-order valence-corrected chi connectivity index (χ4v) is 6.09. The zero-order valence-electron chi connectivity index (χ0n) is 14.7. The summed E-state index contributed by atoms with van der Waals surface area (Å²) in [5.41, 5.74) is 0.730. The first-order chi connectivity index (χ1) is 13.7. The highest BCUT2D eigenvalue weighted by atomic mass is 79.9. The molecule has 0 bridgehead atoms. The van der Waals surface area contributed by atoms with E-state index in [4.69, 9.17) is 0 Å². The van der Waals surface area contributed by atoms with E-state index in [0.717, 1.165) is 16.9 Å². The molecule has 0 saturated heterocycles. The summed E-state index contributed by atoms with van der Waals surface area (Å²) < 4.78 is 43.3. The molecule has 3 aromatic rings. The number of anilines is 1. The van der Waals surface area contributed by atoms with Crippen LogP contribution in [-0.4, -0.2) is 20.4 Å². The summed E-state index contributed by atoms with van der Waals surface area (Å²) in [5, 5.41) is 2.47. The molecule has 5 nitrogen and oxygen atoms in total. The average molecular weight is 562 g/mol. The second kappa shape index (κ2) is 9.48. The molecule has 29 heavy (non-hydrogen) atoms. The Labute approximate surface area is 188 Å². The van der Waals surface area contributed by atoms with Gasteiger partial charge in [0.15, 0.2) is 0 Å². The molecule has 0 spiro atoms. The van der Waals surface area contributed by atoms with Gasteiger partial charge in [0.2, 0.25) is 5.91 Å². The third-order valence-electron chi connectivity index (χ3n) is 3.90. The number of hydrogen-bond donors (Lipinski definition) is 2. The van der Waals surface area contributed by atoms with Crippen LogP contribution in [-0.2, 0) is 21.2 Å². The zero-order valence-corrected chi connectivity index (χ0v) is 19.5. The lowest BCUT2D eigenvalue weighted by atomic mass is 10.1. The molecule has 2 N–H and O–H groups in total. The van der Waals surface area contributed by atoms with Crippen LogP contribution in [0.1, 0.15) is 5.56 Å².